The van der Waals surface area contributed by atoms with Crippen LogP contribution in [-0.4, -0.2) is 28.5 Å². The third-order valence-electron chi connectivity index (χ3n) is 2.62. The van der Waals surface area contributed by atoms with E-state index >= 15 is 0 Å². The normalized spacial score (nSPS) is 17.8. The molecule has 0 radical (unpaired) electrons. The van der Waals surface area contributed by atoms with Crippen LogP contribution in [0.3, 0.4) is 0 Å². The largest absolute Gasteiger partial charge is 0.396 e. The van der Waals surface area contributed by atoms with E-state index in [1.807, 2.05) is 0 Å². The second-order valence-corrected chi connectivity index (χ2v) is 3.86. The van der Waals surface area contributed by atoms with Gasteiger partial charge in [-0.2, -0.15) is 0 Å². The molecule has 1 saturated carbocycles. The average Bonchev–Trinajstić information content (AvgIpc) is 2.98. The number of hydrogen-bond acceptors (Lipinski definition) is 5. The van der Waals surface area contributed by atoms with Crippen molar-refractivity contribution in [3.63, 3.8) is 0 Å². The Morgan fingerprint density at radius 1 is 1.43 bits per heavy atom. The standard InChI is InChI=1S/C9H14N4O/c10-7-1-2-8(13-12-7)11-5-9(6-14)3-4-9/h1-2,14H,3-6H2,(H2,10,12)(H,11,13). The predicted molar refractivity (Wildman–Crippen MR) is 53.7 cm³/mol. The number of nitrogens with zero attached hydrogens (tertiary/aromatic N) is 2. The van der Waals surface area contributed by atoms with Gasteiger partial charge in [-0.05, 0) is 25.0 Å². The molecule has 1 heterocycles. The van der Waals surface area contributed by atoms with E-state index in [1.54, 1.807) is 12.1 Å². The zero-order valence-corrected chi connectivity index (χ0v) is 7.90. The van der Waals surface area contributed by atoms with Crippen molar-refractivity contribution in [3.05, 3.63) is 12.1 Å². The van der Waals surface area contributed by atoms with Gasteiger partial charge < -0.3 is 16.2 Å². The van der Waals surface area contributed by atoms with Gasteiger partial charge in [-0.15, -0.1) is 10.2 Å². The van der Waals surface area contributed by atoms with Gasteiger partial charge >= 0.3 is 0 Å². The Labute approximate surface area is 82.3 Å². The smallest absolute Gasteiger partial charge is 0.148 e. The minimum absolute atomic E-state index is 0.0864. The number of hydrogen-bond donors (Lipinski definition) is 3. The van der Waals surface area contributed by atoms with E-state index in [2.05, 4.69) is 15.5 Å². The highest BCUT2D eigenvalue weighted by Gasteiger charge is 2.41. The topological polar surface area (TPSA) is 84.1 Å². The lowest BCUT2D eigenvalue weighted by Gasteiger charge is -2.12. The van der Waals surface area contributed by atoms with Gasteiger partial charge in [-0.1, -0.05) is 0 Å². The molecule has 0 amide bonds. The van der Waals surface area contributed by atoms with Crippen LogP contribution in [0.5, 0.6) is 0 Å². The molecule has 0 unspecified atom stereocenters. The van der Waals surface area contributed by atoms with E-state index in [9.17, 15) is 0 Å². The predicted octanol–water partition coefficient (Wildman–Crippen LogP) is 0.243. The first kappa shape index (κ1) is 9.21. The quantitative estimate of drug-likeness (QED) is 0.639. The van der Waals surface area contributed by atoms with E-state index < -0.39 is 0 Å². The highest BCUT2D eigenvalue weighted by atomic mass is 16.3. The lowest BCUT2D eigenvalue weighted by molar-refractivity contribution is 0.219. The Morgan fingerprint density at radius 3 is 2.71 bits per heavy atom. The number of nitrogen functional groups attached to an aromatic ring is 1. The van der Waals surface area contributed by atoms with Crippen LogP contribution in [0.1, 0.15) is 12.8 Å². The van der Waals surface area contributed by atoms with Gasteiger partial charge in [0.15, 0.2) is 0 Å². The van der Waals surface area contributed by atoms with E-state index in [0.29, 0.717) is 11.6 Å². The Morgan fingerprint density at radius 2 is 2.21 bits per heavy atom. The van der Waals surface area contributed by atoms with Crippen LogP contribution in [0.2, 0.25) is 0 Å². The molecule has 0 saturated heterocycles. The molecular weight excluding hydrogens is 180 g/mol. The van der Waals surface area contributed by atoms with Gasteiger partial charge in [0.25, 0.3) is 0 Å². The molecule has 5 heteroatoms. The van der Waals surface area contributed by atoms with E-state index in [4.69, 9.17) is 10.8 Å². The van der Waals surface area contributed by atoms with Crippen molar-refractivity contribution < 1.29 is 5.11 Å². The van der Waals surface area contributed by atoms with Gasteiger partial charge in [0.05, 0.1) is 6.61 Å². The molecule has 76 valence electrons. The molecule has 0 bridgehead atoms. The zero-order chi connectivity index (χ0) is 10.0. The lowest BCUT2D eigenvalue weighted by Crippen LogP contribution is -2.19. The Hall–Kier alpha value is -1.36. The van der Waals surface area contributed by atoms with Crippen molar-refractivity contribution in [3.8, 4) is 0 Å². The van der Waals surface area contributed by atoms with Crippen molar-refractivity contribution in [2.75, 3.05) is 24.2 Å². The number of nitrogens with two attached hydrogens (primary N) is 1. The fourth-order valence-electron chi connectivity index (χ4n) is 1.28. The number of anilines is 2. The van der Waals surface area contributed by atoms with Crippen molar-refractivity contribution in [1.29, 1.82) is 0 Å². The van der Waals surface area contributed by atoms with Crippen LogP contribution in [0.15, 0.2) is 12.1 Å². The summed E-state index contributed by atoms with van der Waals surface area (Å²) in [5, 5.41) is 19.8. The summed E-state index contributed by atoms with van der Waals surface area (Å²) < 4.78 is 0. The van der Waals surface area contributed by atoms with Gasteiger partial charge in [0.2, 0.25) is 0 Å². The highest BCUT2D eigenvalue weighted by Crippen LogP contribution is 2.44. The molecule has 0 aliphatic heterocycles. The highest BCUT2D eigenvalue weighted by molar-refractivity contribution is 5.38. The second kappa shape index (κ2) is 3.42. The van der Waals surface area contributed by atoms with Crippen molar-refractivity contribution in [2.45, 2.75) is 12.8 Å². The van der Waals surface area contributed by atoms with Gasteiger partial charge in [0, 0.05) is 12.0 Å². The van der Waals surface area contributed by atoms with E-state index in [1.165, 1.54) is 0 Å². The molecule has 1 aromatic heterocycles. The molecule has 2 rings (SSSR count). The zero-order valence-electron chi connectivity index (χ0n) is 7.90. The van der Waals surface area contributed by atoms with E-state index in [0.717, 1.165) is 19.4 Å². The third kappa shape index (κ3) is 1.93. The maximum atomic E-state index is 9.08. The van der Waals surface area contributed by atoms with Crippen LogP contribution in [0.4, 0.5) is 11.6 Å². The number of nitrogens with one attached hydrogen (secondary N) is 1. The van der Waals surface area contributed by atoms with Crippen molar-refractivity contribution in [2.24, 2.45) is 5.41 Å². The molecule has 1 aliphatic rings. The molecule has 5 nitrogen and oxygen atoms in total. The fraction of sp³-hybridized carbons (Fsp3) is 0.556. The fourth-order valence-corrected chi connectivity index (χ4v) is 1.28. The molecule has 1 aliphatic carbocycles. The Kier molecular flexibility index (Phi) is 2.25. The molecule has 0 spiro atoms. The van der Waals surface area contributed by atoms with Crippen LogP contribution in [0, 0.1) is 5.41 Å². The molecular formula is C9H14N4O. The second-order valence-electron chi connectivity index (χ2n) is 3.86. The van der Waals surface area contributed by atoms with Crippen LogP contribution >= 0.6 is 0 Å². The van der Waals surface area contributed by atoms with Crippen LogP contribution < -0.4 is 11.1 Å². The maximum Gasteiger partial charge on any atom is 0.148 e. The first-order valence-corrected chi connectivity index (χ1v) is 4.68. The molecule has 0 aromatic carbocycles. The first-order chi connectivity index (χ1) is 6.74. The van der Waals surface area contributed by atoms with Crippen molar-refractivity contribution in [1.82, 2.24) is 10.2 Å². The lowest BCUT2D eigenvalue weighted by atomic mass is 10.1. The summed E-state index contributed by atoms with van der Waals surface area (Å²) in [4.78, 5) is 0. The number of aliphatic hydroxyl groups is 1. The van der Waals surface area contributed by atoms with Crippen molar-refractivity contribution >= 4 is 11.6 Å². The molecule has 14 heavy (non-hydrogen) atoms. The molecule has 4 N–H and O–H groups in total. The summed E-state index contributed by atoms with van der Waals surface area (Å²) in [7, 11) is 0. The molecule has 0 atom stereocenters. The summed E-state index contributed by atoms with van der Waals surface area (Å²) in [5.74, 6) is 1.12. The minimum Gasteiger partial charge on any atom is -0.396 e. The SMILES string of the molecule is Nc1ccc(NCC2(CO)CC2)nn1. The van der Waals surface area contributed by atoms with Crippen LogP contribution in [-0.2, 0) is 0 Å². The minimum atomic E-state index is 0.0864. The van der Waals surface area contributed by atoms with Crippen LogP contribution in [0.25, 0.3) is 0 Å². The number of aliphatic hydroxyl groups excluding tert-OH is 1. The summed E-state index contributed by atoms with van der Waals surface area (Å²) in [5.41, 5.74) is 5.49. The summed E-state index contributed by atoms with van der Waals surface area (Å²) in [6, 6.07) is 3.49. The van der Waals surface area contributed by atoms with E-state index in [-0.39, 0.29) is 12.0 Å². The Bertz CT molecular complexity index is 307. The average molecular weight is 194 g/mol. The maximum absolute atomic E-state index is 9.08. The van der Waals surface area contributed by atoms with Gasteiger partial charge in [-0.3, -0.25) is 0 Å². The summed E-state index contributed by atoms with van der Waals surface area (Å²) >= 11 is 0. The molecule has 1 aromatic rings. The summed E-state index contributed by atoms with van der Waals surface area (Å²) in [6.45, 7) is 0.991. The summed E-state index contributed by atoms with van der Waals surface area (Å²) in [6.07, 6.45) is 2.16. The monoisotopic (exact) mass is 194 g/mol. The van der Waals surface area contributed by atoms with Gasteiger partial charge in [0.1, 0.15) is 11.6 Å². The van der Waals surface area contributed by atoms with Gasteiger partial charge in [-0.25, -0.2) is 0 Å². The third-order valence-corrected chi connectivity index (χ3v) is 2.62. The first-order valence-electron chi connectivity index (χ1n) is 4.68. The number of aromatic nitrogens is 2. The Balaban J connectivity index is 1.89. The molecule has 1 fully saturated rings. The number of rotatable bonds is 4.